The normalized spacial score (nSPS) is 12.7. The molecular formula is C13H12Br2ClNS. The largest absolute Gasteiger partial charge is 0.306 e. The van der Waals surface area contributed by atoms with Crippen LogP contribution in [0.5, 0.6) is 0 Å². The lowest BCUT2D eigenvalue weighted by Crippen LogP contribution is -2.20. The second-order valence-corrected chi connectivity index (χ2v) is 7.54. The molecule has 18 heavy (non-hydrogen) atoms. The molecule has 1 heterocycles. The van der Waals surface area contributed by atoms with Crippen LogP contribution in [0.3, 0.4) is 0 Å². The predicted octanol–water partition coefficient (Wildman–Crippen LogP) is 5.63. The Morgan fingerprint density at radius 1 is 1.28 bits per heavy atom. The molecule has 1 atom stereocenters. The number of hydrogen-bond donors (Lipinski definition) is 1. The van der Waals surface area contributed by atoms with Crippen molar-refractivity contribution in [1.29, 1.82) is 0 Å². The van der Waals surface area contributed by atoms with Crippen molar-refractivity contribution in [3.63, 3.8) is 0 Å². The molecule has 0 amide bonds. The van der Waals surface area contributed by atoms with Crippen molar-refractivity contribution >= 4 is 54.8 Å². The zero-order valence-corrected chi connectivity index (χ0v) is 14.5. The highest BCUT2D eigenvalue weighted by Crippen LogP contribution is 2.37. The average molecular weight is 410 g/mol. The van der Waals surface area contributed by atoms with Crippen LogP contribution in [0.1, 0.15) is 23.4 Å². The molecule has 0 spiro atoms. The van der Waals surface area contributed by atoms with Crippen molar-refractivity contribution in [1.82, 2.24) is 5.32 Å². The molecule has 1 nitrogen and oxygen atoms in total. The molecule has 0 fully saturated rings. The minimum Gasteiger partial charge on any atom is -0.306 e. The predicted molar refractivity (Wildman–Crippen MR) is 86.7 cm³/mol. The maximum absolute atomic E-state index is 6.11. The Hall–Kier alpha value is 0.130. The van der Waals surface area contributed by atoms with Crippen molar-refractivity contribution in [2.75, 3.05) is 6.54 Å². The van der Waals surface area contributed by atoms with E-state index in [1.54, 1.807) is 11.3 Å². The summed E-state index contributed by atoms with van der Waals surface area (Å²) in [5, 5.41) is 4.26. The van der Waals surface area contributed by atoms with Gasteiger partial charge in [-0.2, -0.15) is 0 Å². The summed E-state index contributed by atoms with van der Waals surface area (Å²) >= 11 is 14.7. The number of benzene rings is 1. The first kappa shape index (κ1) is 14.5. The second-order valence-electron chi connectivity index (χ2n) is 3.81. The minimum absolute atomic E-state index is 0.192. The van der Waals surface area contributed by atoms with Crippen molar-refractivity contribution in [2.24, 2.45) is 0 Å². The zero-order valence-electron chi connectivity index (χ0n) is 9.71. The standard InChI is InChI=1S/C13H12Br2ClNS/c1-2-17-12(8-3-5-9(14)6-4-8)11-7-10(16)13(15)18-11/h3-7,12,17H,2H2,1H3. The minimum atomic E-state index is 0.192. The summed E-state index contributed by atoms with van der Waals surface area (Å²) in [6.45, 7) is 3.02. The smallest absolute Gasteiger partial charge is 0.0888 e. The molecule has 0 radical (unpaired) electrons. The number of hydrogen-bond acceptors (Lipinski definition) is 2. The molecule has 1 aromatic carbocycles. The van der Waals surface area contributed by atoms with Crippen molar-refractivity contribution < 1.29 is 0 Å². The van der Waals surface area contributed by atoms with Gasteiger partial charge in [0.15, 0.2) is 0 Å². The maximum atomic E-state index is 6.11. The van der Waals surface area contributed by atoms with Crippen molar-refractivity contribution in [3.05, 3.63) is 54.1 Å². The molecule has 0 saturated heterocycles. The van der Waals surface area contributed by atoms with Gasteiger partial charge in [0.25, 0.3) is 0 Å². The number of rotatable bonds is 4. The molecule has 0 aliphatic rings. The van der Waals surface area contributed by atoms with Gasteiger partial charge in [0.2, 0.25) is 0 Å². The van der Waals surface area contributed by atoms with Gasteiger partial charge >= 0.3 is 0 Å². The van der Waals surface area contributed by atoms with E-state index in [2.05, 4.69) is 68.4 Å². The fourth-order valence-corrected chi connectivity index (χ4v) is 3.86. The van der Waals surface area contributed by atoms with Gasteiger partial charge in [-0.1, -0.05) is 46.6 Å². The highest BCUT2D eigenvalue weighted by molar-refractivity contribution is 9.11. The molecule has 1 N–H and O–H groups in total. The van der Waals surface area contributed by atoms with E-state index < -0.39 is 0 Å². The van der Waals surface area contributed by atoms with Crippen LogP contribution in [0, 0.1) is 0 Å². The highest BCUT2D eigenvalue weighted by atomic mass is 79.9. The van der Waals surface area contributed by atoms with E-state index in [4.69, 9.17) is 11.6 Å². The fraction of sp³-hybridized carbons (Fsp3) is 0.231. The second kappa shape index (κ2) is 6.53. The average Bonchev–Trinajstić information content (AvgIpc) is 2.68. The monoisotopic (exact) mass is 407 g/mol. The van der Waals surface area contributed by atoms with Crippen LogP contribution in [-0.4, -0.2) is 6.54 Å². The van der Waals surface area contributed by atoms with Gasteiger partial charge in [-0.15, -0.1) is 11.3 Å². The molecular weight excluding hydrogens is 397 g/mol. The Balaban J connectivity index is 2.36. The first-order valence-electron chi connectivity index (χ1n) is 5.55. The van der Waals surface area contributed by atoms with E-state index in [1.165, 1.54) is 10.4 Å². The Bertz CT molecular complexity index is 505. The molecule has 1 unspecified atom stereocenters. The van der Waals surface area contributed by atoms with Gasteiger partial charge in [0.05, 0.1) is 14.9 Å². The van der Waals surface area contributed by atoms with Crippen LogP contribution in [0.4, 0.5) is 0 Å². The van der Waals surface area contributed by atoms with Crippen LogP contribution in [0.2, 0.25) is 5.02 Å². The zero-order chi connectivity index (χ0) is 13.1. The van der Waals surface area contributed by atoms with Crippen molar-refractivity contribution in [2.45, 2.75) is 13.0 Å². The third-order valence-electron chi connectivity index (χ3n) is 2.56. The summed E-state index contributed by atoms with van der Waals surface area (Å²) in [7, 11) is 0. The topological polar surface area (TPSA) is 12.0 Å². The summed E-state index contributed by atoms with van der Waals surface area (Å²) in [5.74, 6) is 0. The Morgan fingerprint density at radius 2 is 1.94 bits per heavy atom. The van der Waals surface area contributed by atoms with Gasteiger partial charge < -0.3 is 5.32 Å². The maximum Gasteiger partial charge on any atom is 0.0888 e. The lowest BCUT2D eigenvalue weighted by atomic mass is 10.1. The van der Waals surface area contributed by atoms with E-state index in [0.717, 1.165) is 19.8 Å². The van der Waals surface area contributed by atoms with E-state index in [-0.39, 0.29) is 6.04 Å². The quantitative estimate of drug-likeness (QED) is 0.690. The number of halogens is 3. The van der Waals surface area contributed by atoms with Gasteiger partial charge in [0.1, 0.15) is 0 Å². The first-order valence-corrected chi connectivity index (χ1v) is 8.33. The van der Waals surface area contributed by atoms with Gasteiger partial charge in [-0.3, -0.25) is 0 Å². The molecule has 1 aromatic heterocycles. The Kier molecular flexibility index (Phi) is 5.27. The van der Waals surface area contributed by atoms with Crippen molar-refractivity contribution in [3.8, 4) is 0 Å². The molecule has 2 rings (SSSR count). The molecule has 5 heteroatoms. The SMILES string of the molecule is CCNC(c1ccc(Br)cc1)c1cc(Cl)c(Br)s1. The Labute approximate surface area is 133 Å². The van der Waals surface area contributed by atoms with E-state index in [1.807, 2.05) is 6.07 Å². The molecule has 0 aliphatic carbocycles. The lowest BCUT2D eigenvalue weighted by molar-refractivity contribution is 0.639. The summed E-state index contributed by atoms with van der Waals surface area (Å²) < 4.78 is 2.08. The van der Waals surface area contributed by atoms with E-state index in [0.29, 0.717) is 0 Å². The first-order chi connectivity index (χ1) is 8.61. The third-order valence-corrected chi connectivity index (χ3v) is 5.63. The summed E-state index contributed by atoms with van der Waals surface area (Å²) in [6.07, 6.45) is 0. The summed E-state index contributed by atoms with van der Waals surface area (Å²) in [4.78, 5) is 1.22. The van der Waals surface area contributed by atoms with Crippen LogP contribution in [-0.2, 0) is 0 Å². The van der Waals surface area contributed by atoms with Crippen LogP contribution in [0.25, 0.3) is 0 Å². The summed E-state index contributed by atoms with van der Waals surface area (Å²) in [6, 6.07) is 10.6. The van der Waals surface area contributed by atoms with E-state index >= 15 is 0 Å². The van der Waals surface area contributed by atoms with Crippen LogP contribution < -0.4 is 5.32 Å². The number of nitrogens with one attached hydrogen (secondary N) is 1. The fourth-order valence-electron chi connectivity index (χ4n) is 1.75. The van der Waals surface area contributed by atoms with E-state index in [9.17, 15) is 0 Å². The summed E-state index contributed by atoms with van der Waals surface area (Å²) in [5.41, 5.74) is 1.24. The molecule has 0 saturated carbocycles. The Morgan fingerprint density at radius 3 is 2.44 bits per heavy atom. The van der Waals surface area contributed by atoms with Crippen LogP contribution >= 0.6 is 54.8 Å². The van der Waals surface area contributed by atoms with Gasteiger partial charge in [-0.25, -0.2) is 0 Å². The molecule has 96 valence electrons. The lowest BCUT2D eigenvalue weighted by Gasteiger charge is -2.16. The molecule has 0 bridgehead atoms. The highest BCUT2D eigenvalue weighted by Gasteiger charge is 2.16. The molecule has 2 aromatic rings. The van der Waals surface area contributed by atoms with Gasteiger partial charge in [-0.05, 0) is 46.2 Å². The van der Waals surface area contributed by atoms with Crippen LogP contribution in [0.15, 0.2) is 38.6 Å². The number of thiophene rings is 1. The third kappa shape index (κ3) is 3.36. The molecule has 0 aliphatic heterocycles. The van der Waals surface area contributed by atoms with Gasteiger partial charge in [0, 0.05) is 9.35 Å².